The lowest BCUT2D eigenvalue weighted by atomic mass is 9.97. The molecule has 2 aromatic carbocycles. The summed E-state index contributed by atoms with van der Waals surface area (Å²) in [4.78, 5) is 24.2. The molecule has 8 rings (SSSR count). The summed E-state index contributed by atoms with van der Waals surface area (Å²) in [6.07, 6.45) is 12.1. The van der Waals surface area contributed by atoms with Crippen molar-refractivity contribution in [3.63, 3.8) is 0 Å². The molecule has 0 bridgehead atoms. The van der Waals surface area contributed by atoms with Crippen molar-refractivity contribution in [3.05, 3.63) is 155 Å². The maximum atomic E-state index is 12.4. The molecule has 0 saturated heterocycles. The summed E-state index contributed by atoms with van der Waals surface area (Å²) in [6, 6.07) is 16.1. The first-order chi connectivity index (χ1) is 36.4. The van der Waals surface area contributed by atoms with Gasteiger partial charge in [0.15, 0.2) is 23.3 Å². The summed E-state index contributed by atoms with van der Waals surface area (Å²) in [6.45, 7) is 40.5. The van der Waals surface area contributed by atoms with Crippen LogP contribution in [0.2, 0.25) is 0 Å². The van der Waals surface area contributed by atoms with Crippen LogP contribution in [0, 0.1) is 65.0 Å². The van der Waals surface area contributed by atoms with Gasteiger partial charge >= 0.3 is 0 Å². The molecule has 0 saturated carbocycles. The van der Waals surface area contributed by atoms with E-state index in [2.05, 4.69) is 116 Å². The van der Waals surface area contributed by atoms with E-state index in [-0.39, 0.29) is 23.5 Å². The monoisotopic (exact) mass is 1040 g/mol. The zero-order valence-corrected chi connectivity index (χ0v) is 49.5. The number of methoxy groups -OCH3 is 2. The van der Waals surface area contributed by atoms with Crippen molar-refractivity contribution in [1.29, 1.82) is 0 Å². The van der Waals surface area contributed by atoms with Gasteiger partial charge in [0, 0.05) is 47.8 Å². The summed E-state index contributed by atoms with van der Waals surface area (Å²) >= 11 is 0. The fraction of sp³-hybridized carbons (Fsp3) is 0.433. The van der Waals surface area contributed by atoms with Crippen molar-refractivity contribution in [2.75, 3.05) is 14.2 Å². The lowest BCUT2D eigenvalue weighted by Gasteiger charge is -2.15. The highest BCUT2D eigenvalue weighted by atomic mass is 19.1. The van der Waals surface area contributed by atoms with E-state index in [9.17, 15) is 8.78 Å². The number of benzene rings is 2. The third-order valence-corrected chi connectivity index (χ3v) is 11.3. The first-order valence-corrected chi connectivity index (χ1v) is 26.4. The van der Waals surface area contributed by atoms with Crippen LogP contribution in [0.15, 0.2) is 98.1 Å². The number of hydrogen-bond donors (Lipinski definition) is 0. The number of rotatable bonds is 10. The first-order valence-electron chi connectivity index (χ1n) is 26.4. The largest absolute Gasteiger partial charge is 0.495 e. The Kier molecular flexibility index (Phi) is 30.7. The van der Waals surface area contributed by atoms with E-state index in [1.54, 1.807) is 26.6 Å². The molecule has 8 aromatic rings. The van der Waals surface area contributed by atoms with Crippen LogP contribution in [0.5, 0.6) is 11.5 Å². The van der Waals surface area contributed by atoms with Gasteiger partial charge in [0.25, 0.3) is 0 Å². The second-order valence-corrected chi connectivity index (χ2v) is 17.2. The van der Waals surface area contributed by atoms with E-state index in [0.717, 1.165) is 79.6 Å². The third-order valence-electron chi connectivity index (χ3n) is 11.3. The third kappa shape index (κ3) is 19.1. The second-order valence-electron chi connectivity index (χ2n) is 17.2. The maximum absolute atomic E-state index is 12.4. The Morgan fingerprint density at radius 2 is 0.750 bits per heavy atom. The lowest BCUT2D eigenvalue weighted by molar-refractivity contribution is 0.412. The van der Waals surface area contributed by atoms with Gasteiger partial charge in [-0.3, -0.25) is 19.1 Å². The number of aryl methyl sites for hydroxylation is 6. The lowest BCUT2D eigenvalue weighted by Crippen LogP contribution is -2.06. The van der Waals surface area contributed by atoms with Crippen molar-refractivity contribution in [2.45, 2.75) is 150 Å². The average molecular weight is 1050 g/mol. The number of ether oxygens (including phenoxy) is 2. The average Bonchev–Trinajstić information content (AvgIpc) is 4.02. The molecule has 0 aliphatic heterocycles. The molecule has 0 fully saturated rings. The van der Waals surface area contributed by atoms with Crippen molar-refractivity contribution in [2.24, 2.45) is 11.8 Å². The van der Waals surface area contributed by atoms with E-state index in [1.165, 1.54) is 24.8 Å². The molecule has 0 radical (unpaired) electrons. The summed E-state index contributed by atoms with van der Waals surface area (Å²) in [5, 5.41) is 17.2. The summed E-state index contributed by atoms with van der Waals surface area (Å²) in [5.74, 6) is 6.94. The summed E-state index contributed by atoms with van der Waals surface area (Å²) in [7, 11) is 3.34. The smallest absolute Gasteiger partial charge is 0.170 e. The quantitative estimate of drug-likeness (QED) is 0.128. The van der Waals surface area contributed by atoms with Gasteiger partial charge in [0.2, 0.25) is 0 Å². The van der Waals surface area contributed by atoms with Crippen LogP contribution in [0.3, 0.4) is 0 Å². The van der Waals surface area contributed by atoms with Gasteiger partial charge in [0.1, 0.15) is 34.8 Å². The predicted octanol–water partition coefficient (Wildman–Crippen LogP) is 15.4. The van der Waals surface area contributed by atoms with Crippen LogP contribution in [-0.2, 0) is 0 Å². The van der Waals surface area contributed by atoms with Crippen LogP contribution < -0.4 is 9.47 Å². The molecular weight excluding hydrogens is 959 g/mol. The Morgan fingerprint density at radius 3 is 1.03 bits per heavy atom. The fourth-order valence-corrected chi connectivity index (χ4v) is 6.87. The molecule has 76 heavy (non-hydrogen) atoms. The highest BCUT2D eigenvalue weighted by Crippen LogP contribution is 2.33. The summed E-state index contributed by atoms with van der Waals surface area (Å²) in [5.41, 5.74) is 8.17. The predicted molar refractivity (Wildman–Crippen MR) is 307 cm³/mol. The number of para-hydroxylation sites is 2. The molecule has 0 spiro atoms. The van der Waals surface area contributed by atoms with Gasteiger partial charge in [-0.1, -0.05) is 121 Å². The normalized spacial score (nSPS) is 10.8. The van der Waals surface area contributed by atoms with Gasteiger partial charge in [0.05, 0.1) is 50.4 Å². The standard InChI is InChI=1S/2C17H18N4O.2C9H13FN2.4C2H6/c2*1-11-8-14(10-18-9-11)17-20-19-13(3)21(17)16-12(2)6-5-7-15(16)22-4;2*1-6(2)7(3)9-11-4-8(10)5-12-9;4*1-2/h2*5-10H,1-4H3;2*4-7H,1-3H3;4*1-2H3/t;;2*7-;;;;/m..00..../s1. The van der Waals surface area contributed by atoms with E-state index >= 15 is 0 Å². The SMILES string of the molecule is CC.CC.CC.CC.CC(C)[C@H](C)c1ncc(F)cn1.CC(C)[C@H](C)c1ncc(F)cn1.COc1cccc(C)c1-n1c(C)nnc1-c1cncc(C)c1.COc1cccc(C)c1-n1c(C)nnc1-c1cncc(C)c1. The van der Waals surface area contributed by atoms with Crippen molar-refractivity contribution in [1.82, 2.24) is 59.4 Å². The zero-order valence-electron chi connectivity index (χ0n) is 49.5. The molecule has 0 aliphatic carbocycles. The Labute approximate surface area is 453 Å². The number of halogens is 2. The highest BCUT2D eigenvalue weighted by Gasteiger charge is 2.20. The van der Waals surface area contributed by atoms with Crippen LogP contribution in [0.1, 0.15) is 154 Å². The molecular formula is C60H86F2N12O2. The summed E-state index contributed by atoms with van der Waals surface area (Å²) < 4.78 is 39.9. The number of nitrogens with zero attached hydrogens (tertiary/aromatic N) is 12. The molecule has 6 aromatic heterocycles. The van der Waals surface area contributed by atoms with E-state index in [1.807, 2.05) is 143 Å². The van der Waals surface area contributed by atoms with E-state index in [4.69, 9.17) is 9.47 Å². The van der Waals surface area contributed by atoms with E-state index in [0.29, 0.717) is 23.5 Å². The molecule has 0 amide bonds. The molecule has 14 nitrogen and oxygen atoms in total. The number of aromatic nitrogens is 12. The van der Waals surface area contributed by atoms with Crippen LogP contribution >= 0.6 is 0 Å². The van der Waals surface area contributed by atoms with Gasteiger partial charge in [-0.05, 0) is 99.9 Å². The second kappa shape index (κ2) is 35.0. The van der Waals surface area contributed by atoms with Gasteiger partial charge in [-0.25, -0.2) is 28.7 Å². The first kappa shape index (κ1) is 66.7. The van der Waals surface area contributed by atoms with Gasteiger partial charge in [-0.15, -0.1) is 20.4 Å². The van der Waals surface area contributed by atoms with E-state index < -0.39 is 0 Å². The Morgan fingerprint density at radius 1 is 0.434 bits per heavy atom. The Balaban J connectivity index is 0.000000501. The van der Waals surface area contributed by atoms with Crippen LogP contribution in [-0.4, -0.2) is 73.7 Å². The maximum Gasteiger partial charge on any atom is 0.170 e. The molecule has 2 atom stereocenters. The zero-order chi connectivity index (χ0) is 57.7. The minimum atomic E-state index is -0.380. The minimum Gasteiger partial charge on any atom is -0.495 e. The molecule has 412 valence electrons. The number of pyridine rings is 2. The Bertz CT molecular complexity index is 2670. The fourth-order valence-electron chi connectivity index (χ4n) is 6.87. The molecule has 0 N–H and O–H groups in total. The van der Waals surface area contributed by atoms with Crippen molar-refractivity contribution >= 4 is 0 Å². The topological polar surface area (TPSA) is 157 Å². The van der Waals surface area contributed by atoms with Crippen molar-refractivity contribution < 1.29 is 18.3 Å². The van der Waals surface area contributed by atoms with Gasteiger partial charge < -0.3 is 9.47 Å². The molecule has 6 heterocycles. The minimum absolute atomic E-state index is 0.283. The number of hydrogen-bond acceptors (Lipinski definition) is 12. The van der Waals surface area contributed by atoms with Gasteiger partial charge in [-0.2, -0.15) is 0 Å². The molecule has 16 heteroatoms. The molecule has 0 aliphatic rings. The van der Waals surface area contributed by atoms with Crippen LogP contribution in [0.4, 0.5) is 8.78 Å². The highest BCUT2D eigenvalue weighted by molar-refractivity contribution is 5.64. The molecule has 0 unspecified atom stereocenters. The van der Waals surface area contributed by atoms with Crippen LogP contribution in [0.25, 0.3) is 34.2 Å². The Hall–Kier alpha value is -7.36. The van der Waals surface area contributed by atoms with Crippen molar-refractivity contribution in [3.8, 4) is 45.6 Å².